The van der Waals surface area contributed by atoms with Gasteiger partial charge in [-0.1, -0.05) is 0 Å². The van der Waals surface area contributed by atoms with E-state index in [1.165, 1.54) is 66.0 Å². The normalized spacial score (nSPS) is 17.6. The fourth-order valence-electron chi connectivity index (χ4n) is 8.78. The first-order chi connectivity index (χ1) is 23.3. The van der Waals surface area contributed by atoms with Gasteiger partial charge >= 0.3 is 296 Å². The number of halogens is 2. The van der Waals surface area contributed by atoms with Crippen LogP contribution in [-0.4, -0.2) is 5.98 Å². The molecule has 8 rings (SSSR count). The molecule has 0 aromatic heterocycles. The van der Waals surface area contributed by atoms with Crippen LogP contribution in [0.4, 0.5) is 0 Å². The Bertz CT molecular complexity index is 2040. The summed E-state index contributed by atoms with van der Waals surface area (Å²) in [7, 11) is 17.9. The van der Waals surface area contributed by atoms with Gasteiger partial charge in [0.2, 0.25) is 0 Å². The molecule has 0 saturated carbocycles. The van der Waals surface area contributed by atoms with Crippen LogP contribution in [0.1, 0.15) is 43.5 Å². The zero-order valence-electron chi connectivity index (χ0n) is 27.2. The molecule has 0 saturated heterocycles. The zero-order chi connectivity index (χ0) is 32.9. The average Bonchev–Trinajstić information content (AvgIpc) is 3.65. The van der Waals surface area contributed by atoms with Gasteiger partial charge < -0.3 is 0 Å². The summed E-state index contributed by atoms with van der Waals surface area (Å²) in [4.78, 5) is 0. The first kappa shape index (κ1) is 31.7. The van der Waals surface area contributed by atoms with E-state index in [1.807, 2.05) is 0 Å². The monoisotopic (exact) mass is 843 g/mol. The SMILES string of the molecule is CC1=Cc2cc(-c3ccccc3)ccc2[CH]1[Hf]([Cl])([Cl])([CH]1C(C)=Cc2cc(-c3ccccc3)ccc21)[SiH](c1ccccc1)c1ccccc1. The van der Waals surface area contributed by atoms with Crippen LogP contribution in [-0.2, 0) is 15.3 Å². The zero-order valence-corrected chi connectivity index (χ0v) is 33.4. The number of rotatable bonds is 7. The molecule has 4 heteroatoms. The Kier molecular flexibility index (Phi) is 8.20. The van der Waals surface area contributed by atoms with Crippen molar-refractivity contribution >= 4 is 45.7 Å². The van der Waals surface area contributed by atoms with Crippen LogP contribution in [0.15, 0.2) is 169 Å². The first-order valence-corrected chi connectivity index (χ1v) is 37.8. The van der Waals surface area contributed by atoms with E-state index in [-0.39, 0.29) is 7.35 Å². The second kappa shape index (κ2) is 12.4. The van der Waals surface area contributed by atoms with Gasteiger partial charge in [0.05, 0.1) is 0 Å². The molecular weight excluding hydrogens is 806 g/mol. The molecule has 235 valence electrons. The van der Waals surface area contributed by atoms with Crippen molar-refractivity contribution < 1.29 is 15.3 Å². The number of allylic oxidation sites excluding steroid dienone is 2. The molecule has 2 unspecified atom stereocenters. The van der Waals surface area contributed by atoms with E-state index in [9.17, 15) is 0 Å². The summed E-state index contributed by atoms with van der Waals surface area (Å²) in [6.07, 6.45) is 4.75. The molecule has 2 aliphatic carbocycles. The average molecular weight is 843 g/mol. The number of fused-ring (bicyclic) bond motifs is 2. The van der Waals surface area contributed by atoms with Crippen molar-refractivity contribution in [2.45, 2.75) is 21.2 Å². The number of hydrogen-bond donors (Lipinski definition) is 0. The number of hydrogen-bond acceptors (Lipinski definition) is 0. The molecule has 0 fully saturated rings. The van der Waals surface area contributed by atoms with Crippen LogP contribution in [0.25, 0.3) is 34.4 Å². The first-order valence-electron chi connectivity index (χ1n) is 16.7. The van der Waals surface area contributed by atoms with Gasteiger partial charge in [0.15, 0.2) is 0 Å². The molecule has 0 spiro atoms. The molecular formula is C44H37Cl2HfSi. The summed E-state index contributed by atoms with van der Waals surface area (Å²) in [6, 6.07) is 57.3. The second-order valence-electron chi connectivity index (χ2n) is 13.5. The Morgan fingerprint density at radius 3 is 1.17 bits per heavy atom. The molecule has 6 aromatic carbocycles. The van der Waals surface area contributed by atoms with Crippen LogP contribution in [0.3, 0.4) is 0 Å². The van der Waals surface area contributed by atoms with E-state index in [0.717, 1.165) is 0 Å². The molecule has 0 bridgehead atoms. The molecule has 0 aliphatic heterocycles. The summed E-state index contributed by atoms with van der Waals surface area (Å²) in [5.41, 5.74) is 12.5. The van der Waals surface area contributed by atoms with E-state index < -0.39 is 21.3 Å². The summed E-state index contributed by atoms with van der Waals surface area (Å²) >= 11 is -5.43. The van der Waals surface area contributed by atoms with Gasteiger partial charge in [-0.3, -0.25) is 0 Å². The maximum absolute atomic E-state index is 8.97. The van der Waals surface area contributed by atoms with E-state index in [4.69, 9.17) is 17.2 Å². The molecule has 0 N–H and O–H groups in total. The van der Waals surface area contributed by atoms with Gasteiger partial charge in [-0.05, 0) is 0 Å². The summed E-state index contributed by atoms with van der Waals surface area (Å²) in [5, 5.41) is 2.65. The Balaban J connectivity index is 1.38. The van der Waals surface area contributed by atoms with Gasteiger partial charge in [0.1, 0.15) is 0 Å². The van der Waals surface area contributed by atoms with Crippen molar-refractivity contribution in [1.29, 1.82) is 0 Å². The van der Waals surface area contributed by atoms with Crippen molar-refractivity contribution in [3.8, 4) is 22.3 Å². The molecule has 48 heavy (non-hydrogen) atoms. The van der Waals surface area contributed by atoms with Gasteiger partial charge in [0.25, 0.3) is 0 Å². The summed E-state index contributed by atoms with van der Waals surface area (Å²) in [5.74, 6) is -2.27. The Labute approximate surface area is 293 Å². The van der Waals surface area contributed by atoms with Crippen molar-refractivity contribution in [2.75, 3.05) is 0 Å². The van der Waals surface area contributed by atoms with Gasteiger partial charge in [0, 0.05) is 0 Å². The predicted octanol–water partition coefficient (Wildman–Crippen LogP) is 11.2. The fourth-order valence-corrected chi connectivity index (χ4v) is 80.7. The molecule has 6 aromatic rings. The van der Waals surface area contributed by atoms with Crippen molar-refractivity contribution in [2.24, 2.45) is 0 Å². The van der Waals surface area contributed by atoms with Crippen LogP contribution >= 0.6 is 17.2 Å². The quantitative estimate of drug-likeness (QED) is 0.141. The molecule has 0 radical (unpaired) electrons. The van der Waals surface area contributed by atoms with Crippen LogP contribution in [0.2, 0.25) is 0 Å². The van der Waals surface area contributed by atoms with Gasteiger partial charge in [-0.15, -0.1) is 0 Å². The van der Waals surface area contributed by atoms with Crippen LogP contribution in [0, 0.1) is 0 Å². The minimum atomic E-state index is -5.43. The topological polar surface area (TPSA) is 0 Å². The molecule has 2 aliphatic rings. The molecule has 0 amide bonds. The Morgan fingerprint density at radius 2 is 0.792 bits per heavy atom. The molecule has 0 nitrogen and oxygen atoms in total. The van der Waals surface area contributed by atoms with Gasteiger partial charge in [-0.2, -0.15) is 0 Å². The van der Waals surface area contributed by atoms with E-state index in [1.54, 1.807) is 0 Å². The molecule has 2 atom stereocenters. The maximum atomic E-state index is 8.97. The van der Waals surface area contributed by atoms with Crippen LogP contribution < -0.4 is 10.4 Å². The second-order valence-corrected chi connectivity index (χ2v) is 66.5. The third-order valence-electron chi connectivity index (χ3n) is 10.6. The Hall–Kier alpha value is -3.53. The minimum absolute atomic E-state index is 0.0182. The molecule has 0 heterocycles. The van der Waals surface area contributed by atoms with E-state index in [2.05, 4.69) is 184 Å². The summed E-state index contributed by atoms with van der Waals surface area (Å²) in [6.45, 7) is 4.56. The third kappa shape index (κ3) is 5.20. The predicted molar refractivity (Wildman–Crippen MR) is 208 cm³/mol. The Morgan fingerprint density at radius 1 is 0.438 bits per heavy atom. The van der Waals surface area contributed by atoms with Crippen molar-refractivity contribution in [3.05, 3.63) is 191 Å². The van der Waals surface area contributed by atoms with Crippen molar-refractivity contribution in [3.63, 3.8) is 0 Å². The summed E-state index contributed by atoms with van der Waals surface area (Å²) < 4.78 is -0.0364. The van der Waals surface area contributed by atoms with E-state index >= 15 is 0 Å². The van der Waals surface area contributed by atoms with Gasteiger partial charge in [-0.25, -0.2) is 0 Å². The van der Waals surface area contributed by atoms with E-state index in [0.29, 0.717) is 0 Å². The standard InChI is InChI=1S/2C16H13.C12H11Si.2ClH.Hf/c2*1-12-9-14-7-8-15(11-16(14)10-12)13-5-3-2-4-6-13;1-3-7-11(8-4-1)13-12-9-5-2-6-10-12;;;/h2*2-11H,1H3;1-10,13H;2*1H;/q;;;;;+2/p-2. The van der Waals surface area contributed by atoms with Crippen molar-refractivity contribution in [1.82, 2.24) is 0 Å². The number of benzene rings is 6. The van der Waals surface area contributed by atoms with Crippen LogP contribution in [0.5, 0.6) is 0 Å². The third-order valence-corrected chi connectivity index (χ3v) is 69.6. The fraction of sp³-hybridized carbons (Fsp3) is 0.0909.